The molecule has 0 saturated heterocycles. The van der Waals surface area contributed by atoms with Gasteiger partial charge in [0.1, 0.15) is 0 Å². The van der Waals surface area contributed by atoms with E-state index in [0.29, 0.717) is 27.1 Å². The lowest BCUT2D eigenvalue weighted by Gasteiger charge is -2.24. The molecule has 0 nitrogen and oxygen atoms in total. The Morgan fingerprint density at radius 3 is 0.691 bits per heavy atom. The van der Waals surface area contributed by atoms with Gasteiger partial charge in [-0.05, 0) is 95.2 Å². The van der Waals surface area contributed by atoms with Crippen LogP contribution in [0.3, 0.4) is 0 Å². The molecule has 5 saturated carbocycles. The van der Waals surface area contributed by atoms with Gasteiger partial charge in [-0.3, -0.25) is 0 Å². The molecule has 0 spiro atoms. The van der Waals surface area contributed by atoms with Crippen LogP contribution in [0.1, 0.15) is 380 Å². The number of hydrogen-bond acceptors (Lipinski definition) is 0. The molecule has 0 radical (unpaired) electrons. The molecule has 0 heterocycles. The molecule has 0 amide bonds. The second-order valence-electron chi connectivity index (χ2n) is 30.9. The Morgan fingerprint density at radius 2 is 0.426 bits per heavy atom. The van der Waals surface area contributed by atoms with Crippen LogP contribution < -0.4 is 0 Å². The molecular formula is C68H136. The third-order valence-corrected chi connectivity index (χ3v) is 16.9. The summed E-state index contributed by atoms with van der Waals surface area (Å²) < 4.78 is 0. The topological polar surface area (TPSA) is 0 Å². The van der Waals surface area contributed by atoms with Crippen molar-refractivity contribution >= 4 is 0 Å². The lowest BCUT2D eigenvalue weighted by atomic mass is 9.81. The summed E-state index contributed by atoms with van der Waals surface area (Å²) in [7, 11) is 0. The molecule has 0 aromatic heterocycles. The first-order valence-electron chi connectivity index (χ1n) is 31.9. The van der Waals surface area contributed by atoms with Gasteiger partial charge in [-0.15, -0.1) is 0 Å². The Kier molecular flexibility index (Phi) is 36.6. The molecule has 68 heavy (non-hydrogen) atoms. The quantitative estimate of drug-likeness (QED) is 0.120. The Balaban J connectivity index is 0.000000426. The predicted molar refractivity (Wildman–Crippen MR) is 313 cm³/mol. The van der Waals surface area contributed by atoms with Gasteiger partial charge in [0.15, 0.2) is 0 Å². The maximum atomic E-state index is 2.37. The van der Waals surface area contributed by atoms with Gasteiger partial charge in [-0.1, -0.05) is 341 Å². The monoisotopic (exact) mass is 953 g/mol. The summed E-state index contributed by atoms with van der Waals surface area (Å²) in [5.74, 6) is 5.32. The third kappa shape index (κ3) is 45.8. The first kappa shape index (κ1) is 66.0. The minimum absolute atomic E-state index is 0.545. The van der Waals surface area contributed by atoms with Crippen molar-refractivity contribution in [2.45, 2.75) is 380 Å². The normalized spacial score (nSPS) is 20.9. The SMILES string of the molecule is CC(C)(C)CC1CCCCCC1.CC(C)(C)CCC1CCCCCC1.CC(C)(C)CCCC1CCCCCC1.CC(C)(C)CCCCC1CCCCC1.CC(C)(C)CCCCC1CCCCCC1. The first-order valence-corrected chi connectivity index (χ1v) is 31.9. The van der Waals surface area contributed by atoms with Crippen molar-refractivity contribution in [1.82, 2.24) is 0 Å². The van der Waals surface area contributed by atoms with Gasteiger partial charge < -0.3 is 0 Å². The second kappa shape index (κ2) is 37.7. The van der Waals surface area contributed by atoms with Crippen LogP contribution in [0.4, 0.5) is 0 Å². The highest BCUT2D eigenvalue weighted by atomic mass is 14.3. The van der Waals surface area contributed by atoms with Crippen LogP contribution in [0.25, 0.3) is 0 Å². The van der Waals surface area contributed by atoms with E-state index in [2.05, 4.69) is 104 Å². The fourth-order valence-electron chi connectivity index (χ4n) is 12.6. The molecule has 408 valence electrons. The van der Waals surface area contributed by atoms with Crippen molar-refractivity contribution < 1.29 is 0 Å². The van der Waals surface area contributed by atoms with Crippen LogP contribution in [-0.2, 0) is 0 Å². The summed E-state index contributed by atoms with van der Waals surface area (Å²) in [6.45, 7) is 35.4. The Bertz CT molecular complexity index is 1050. The summed E-state index contributed by atoms with van der Waals surface area (Å²) in [6, 6.07) is 0. The fourth-order valence-corrected chi connectivity index (χ4v) is 12.6. The second-order valence-corrected chi connectivity index (χ2v) is 30.9. The van der Waals surface area contributed by atoms with Gasteiger partial charge in [-0.2, -0.15) is 0 Å². The van der Waals surface area contributed by atoms with Crippen molar-refractivity contribution in [3.05, 3.63) is 0 Å². The lowest BCUT2D eigenvalue weighted by Crippen LogP contribution is -2.12. The number of hydrogen-bond donors (Lipinski definition) is 0. The molecule has 0 heteroatoms. The summed E-state index contributed by atoms with van der Waals surface area (Å²) >= 11 is 0. The van der Waals surface area contributed by atoms with Crippen molar-refractivity contribution in [3.8, 4) is 0 Å². The van der Waals surface area contributed by atoms with Crippen LogP contribution in [0.15, 0.2) is 0 Å². The molecule has 0 aliphatic heterocycles. The molecule has 0 atom stereocenters. The van der Waals surface area contributed by atoms with E-state index < -0.39 is 0 Å². The Labute approximate surface area is 434 Å². The van der Waals surface area contributed by atoms with E-state index in [1.165, 1.54) is 276 Å². The molecule has 5 aliphatic rings. The molecule has 0 aromatic rings. The average molecular weight is 954 g/mol. The van der Waals surface area contributed by atoms with Crippen molar-refractivity contribution in [3.63, 3.8) is 0 Å². The van der Waals surface area contributed by atoms with E-state index in [9.17, 15) is 0 Å². The van der Waals surface area contributed by atoms with Crippen molar-refractivity contribution in [1.29, 1.82) is 0 Å². The zero-order chi connectivity index (χ0) is 50.8. The van der Waals surface area contributed by atoms with Crippen LogP contribution in [-0.4, -0.2) is 0 Å². The number of rotatable bonds is 14. The van der Waals surface area contributed by atoms with E-state index in [0.717, 1.165) is 29.6 Å². The molecule has 0 unspecified atom stereocenters. The molecule has 0 bridgehead atoms. The van der Waals surface area contributed by atoms with Gasteiger partial charge in [0.2, 0.25) is 0 Å². The summed E-state index contributed by atoms with van der Waals surface area (Å²) in [6.07, 6.45) is 63.9. The molecular weight excluding hydrogens is 817 g/mol. The Morgan fingerprint density at radius 1 is 0.206 bits per heavy atom. The summed E-state index contributed by atoms with van der Waals surface area (Å²) in [4.78, 5) is 0. The average Bonchev–Trinajstić information content (AvgIpc) is 3.86. The largest absolute Gasteiger partial charge is 0.0602 e. The maximum absolute atomic E-state index is 2.37. The van der Waals surface area contributed by atoms with Crippen LogP contribution in [0.5, 0.6) is 0 Å². The van der Waals surface area contributed by atoms with Crippen molar-refractivity contribution in [2.24, 2.45) is 56.7 Å². The smallest absolute Gasteiger partial charge is 0.0380 e. The first-order chi connectivity index (χ1) is 31.9. The highest BCUT2D eigenvalue weighted by Gasteiger charge is 2.21. The summed E-state index contributed by atoms with van der Waals surface area (Å²) in [5, 5.41) is 0. The minimum atomic E-state index is 0.545. The maximum Gasteiger partial charge on any atom is -0.0380 e. The standard InChI is InChI=1S/C15H30.2C14H28.C13H26.C12H24/c1-15(2,3)13-9-8-12-14-10-6-4-5-7-11-14;1-14(2,3)12-8-7-11-13-9-5-4-6-10-13;1-14(2,3)12-8-11-13-9-6-4-5-7-10-13;1-13(2,3)11-10-12-8-6-4-5-7-9-12;1-12(2,3)10-11-8-6-4-5-7-9-11/h14H,4-13H2,1-3H3;2*13H,4-12H2,1-3H3;12H,4-11H2,1-3H3;11H,4-10H2,1-3H3. The van der Waals surface area contributed by atoms with Gasteiger partial charge in [0.05, 0.1) is 0 Å². The Hall–Kier alpha value is 0. The van der Waals surface area contributed by atoms with Gasteiger partial charge >= 0.3 is 0 Å². The molecule has 0 aromatic carbocycles. The van der Waals surface area contributed by atoms with Gasteiger partial charge in [0, 0.05) is 0 Å². The van der Waals surface area contributed by atoms with E-state index in [1.54, 1.807) is 0 Å². The van der Waals surface area contributed by atoms with E-state index in [1.807, 2.05) is 0 Å². The van der Waals surface area contributed by atoms with E-state index in [-0.39, 0.29) is 0 Å². The van der Waals surface area contributed by atoms with Crippen molar-refractivity contribution in [2.75, 3.05) is 0 Å². The summed E-state index contributed by atoms with van der Waals surface area (Å²) in [5.41, 5.74) is 2.74. The molecule has 0 N–H and O–H groups in total. The zero-order valence-corrected chi connectivity index (χ0v) is 50.8. The fraction of sp³-hybridized carbons (Fsp3) is 1.00. The highest BCUT2D eigenvalue weighted by molar-refractivity contribution is 4.74. The van der Waals surface area contributed by atoms with Crippen LogP contribution in [0, 0.1) is 56.7 Å². The number of unbranched alkanes of at least 4 members (excludes halogenated alkanes) is 2. The third-order valence-electron chi connectivity index (χ3n) is 16.9. The predicted octanol–water partition coefficient (Wildman–Crippen LogP) is 25.1. The zero-order valence-electron chi connectivity index (χ0n) is 50.8. The minimum Gasteiger partial charge on any atom is -0.0602 e. The molecule has 5 rings (SSSR count). The van der Waals surface area contributed by atoms with Crippen LogP contribution in [0.2, 0.25) is 0 Å². The van der Waals surface area contributed by atoms with Gasteiger partial charge in [0.25, 0.3) is 0 Å². The molecule has 5 fully saturated rings. The van der Waals surface area contributed by atoms with Gasteiger partial charge in [-0.25, -0.2) is 0 Å². The van der Waals surface area contributed by atoms with E-state index >= 15 is 0 Å². The highest BCUT2D eigenvalue weighted by Crippen LogP contribution is 2.35. The lowest BCUT2D eigenvalue weighted by molar-refractivity contribution is 0.273. The molecule has 5 aliphatic carbocycles. The van der Waals surface area contributed by atoms with E-state index in [4.69, 9.17) is 0 Å². The van der Waals surface area contributed by atoms with Crippen LogP contribution >= 0.6 is 0 Å².